The van der Waals surface area contributed by atoms with Crippen molar-refractivity contribution in [1.82, 2.24) is 5.32 Å². The van der Waals surface area contributed by atoms with E-state index in [1.54, 1.807) is 42.5 Å². The number of amides is 2. The minimum atomic E-state index is -0.862. The second kappa shape index (κ2) is 7.70. The molecule has 2 aromatic carbocycles. The minimum absolute atomic E-state index is 0.0321. The Kier molecular flexibility index (Phi) is 5.91. The van der Waals surface area contributed by atoms with E-state index < -0.39 is 12.1 Å². The highest BCUT2D eigenvalue weighted by Crippen LogP contribution is 2.29. The predicted octanol–water partition coefficient (Wildman–Crippen LogP) is 4.50. The third kappa shape index (κ3) is 4.52. The molecular formula is C15H13Cl3N2O2. The summed E-state index contributed by atoms with van der Waals surface area (Å²) in [7, 11) is 0. The number of hydrogen-bond acceptors (Lipinski definition) is 2. The Morgan fingerprint density at radius 2 is 1.86 bits per heavy atom. The first-order valence-corrected chi connectivity index (χ1v) is 7.53. The van der Waals surface area contributed by atoms with Crippen molar-refractivity contribution in [2.24, 2.45) is 0 Å². The molecule has 2 amide bonds. The number of aliphatic hydroxyl groups is 1. The lowest BCUT2D eigenvalue weighted by Crippen LogP contribution is -2.32. The van der Waals surface area contributed by atoms with E-state index in [0.29, 0.717) is 21.3 Å². The van der Waals surface area contributed by atoms with Gasteiger partial charge in [-0.15, -0.1) is 0 Å². The number of anilines is 1. The quantitative estimate of drug-likeness (QED) is 0.752. The van der Waals surface area contributed by atoms with Crippen LogP contribution in [0.15, 0.2) is 42.5 Å². The fourth-order valence-corrected chi connectivity index (χ4v) is 2.33. The summed E-state index contributed by atoms with van der Waals surface area (Å²) in [6.45, 7) is 0.0321. The predicted molar refractivity (Wildman–Crippen MR) is 89.9 cm³/mol. The zero-order valence-corrected chi connectivity index (χ0v) is 13.6. The first-order valence-electron chi connectivity index (χ1n) is 6.40. The van der Waals surface area contributed by atoms with Gasteiger partial charge >= 0.3 is 6.03 Å². The van der Waals surface area contributed by atoms with Gasteiger partial charge in [-0.2, -0.15) is 0 Å². The monoisotopic (exact) mass is 358 g/mol. The Hall–Kier alpha value is -1.46. The molecule has 0 saturated heterocycles. The van der Waals surface area contributed by atoms with Crippen LogP contribution in [-0.4, -0.2) is 17.7 Å². The highest BCUT2D eigenvalue weighted by Gasteiger charge is 2.11. The topological polar surface area (TPSA) is 61.4 Å². The Morgan fingerprint density at radius 3 is 2.59 bits per heavy atom. The fraction of sp³-hybridized carbons (Fsp3) is 0.133. The maximum absolute atomic E-state index is 11.8. The second-order valence-corrected chi connectivity index (χ2v) is 5.73. The van der Waals surface area contributed by atoms with Crippen LogP contribution >= 0.6 is 34.8 Å². The van der Waals surface area contributed by atoms with Gasteiger partial charge < -0.3 is 15.7 Å². The van der Waals surface area contributed by atoms with Crippen molar-refractivity contribution in [3.63, 3.8) is 0 Å². The van der Waals surface area contributed by atoms with Crippen LogP contribution in [0.4, 0.5) is 10.5 Å². The van der Waals surface area contributed by atoms with E-state index >= 15 is 0 Å². The molecule has 2 aromatic rings. The van der Waals surface area contributed by atoms with Gasteiger partial charge in [-0.25, -0.2) is 4.79 Å². The molecule has 4 nitrogen and oxygen atoms in total. The SMILES string of the molecule is O=C(NC[C@@H](O)c1cccc(Cl)c1)Nc1cccc(Cl)c1Cl. The Bertz CT molecular complexity index is 680. The number of carbonyl (C=O) groups excluding carboxylic acids is 1. The summed E-state index contributed by atoms with van der Waals surface area (Å²) in [4.78, 5) is 11.8. The molecule has 0 fully saturated rings. The van der Waals surface area contributed by atoms with Gasteiger partial charge in [-0.1, -0.05) is 53.0 Å². The van der Waals surface area contributed by atoms with Crippen LogP contribution < -0.4 is 10.6 Å². The van der Waals surface area contributed by atoms with Gasteiger partial charge in [0.05, 0.1) is 21.8 Å². The summed E-state index contributed by atoms with van der Waals surface area (Å²) in [5, 5.41) is 16.3. The largest absolute Gasteiger partial charge is 0.387 e. The maximum atomic E-state index is 11.8. The van der Waals surface area contributed by atoms with E-state index in [1.807, 2.05) is 0 Å². The lowest BCUT2D eigenvalue weighted by molar-refractivity contribution is 0.175. The van der Waals surface area contributed by atoms with Gasteiger partial charge in [-0.3, -0.25) is 0 Å². The van der Waals surface area contributed by atoms with Gasteiger partial charge in [0, 0.05) is 11.6 Å². The molecule has 0 radical (unpaired) electrons. The first kappa shape index (κ1) is 16.9. The van der Waals surface area contributed by atoms with Crippen LogP contribution in [0, 0.1) is 0 Å². The minimum Gasteiger partial charge on any atom is -0.387 e. The molecule has 0 bridgehead atoms. The van der Waals surface area contributed by atoms with Crippen molar-refractivity contribution < 1.29 is 9.90 Å². The molecule has 0 heterocycles. The van der Waals surface area contributed by atoms with Crippen molar-refractivity contribution in [3.05, 3.63) is 63.1 Å². The lowest BCUT2D eigenvalue weighted by Gasteiger charge is -2.14. The number of nitrogens with one attached hydrogen (secondary N) is 2. The zero-order valence-electron chi connectivity index (χ0n) is 11.3. The van der Waals surface area contributed by atoms with Crippen molar-refractivity contribution in [1.29, 1.82) is 0 Å². The summed E-state index contributed by atoms with van der Waals surface area (Å²) >= 11 is 17.7. The summed E-state index contributed by atoms with van der Waals surface area (Å²) in [6, 6.07) is 11.2. The number of urea groups is 1. The molecule has 0 spiro atoms. The highest BCUT2D eigenvalue weighted by atomic mass is 35.5. The molecule has 7 heteroatoms. The number of carbonyl (C=O) groups is 1. The van der Waals surface area contributed by atoms with E-state index in [2.05, 4.69) is 10.6 Å². The number of hydrogen-bond donors (Lipinski definition) is 3. The van der Waals surface area contributed by atoms with Gasteiger partial charge in [0.15, 0.2) is 0 Å². The Balaban J connectivity index is 1.91. The number of rotatable bonds is 4. The molecule has 0 aliphatic heterocycles. The molecule has 1 atom stereocenters. The van der Waals surface area contributed by atoms with Crippen LogP contribution in [0.5, 0.6) is 0 Å². The van der Waals surface area contributed by atoms with E-state index in [9.17, 15) is 9.90 Å². The first-order chi connectivity index (χ1) is 10.5. The average Bonchev–Trinajstić information content (AvgIpc) is 2.49. The van der Waals surface area contributed by atoms with Crippen molar-refractivity contribution in [2.75, 3.05) is 11.9 Å². The summed E-state index contributed by atoms with van der Waals surface area (Å²) in [5.41, 5.74) is 1.01. The molecule has 22 heavy (non-hydrogen) atoms. The van der Waals surface area contributed by atoms with E-state index in [0.717, 1.165) is 0 Å². The van der Waals surface area contributed by atoms with E-state index in [-0.39, 0.29) is 11.6 Å². The highest BCUT2D eigenvalue weighted by molar-refractivity contribution is 6.43. The molecule has 2 rings (SSSR count). The maximum Gasteiger partial charge on any atom is 0.319 e. The van der Waals surface area contributed by atoms with Crippen LogP contribution in [-0.2, 0) is 0 Å². The van der Waals surface area contributed by atoms with Gasteiger partial charge in [0.1, 0.15) is 0 Å². The smallest absolute Gasteiger partial charge is 0.319 e. The van der Waals surface area contributed by atoms with Crippen LogP contribution in [0.25, 0.3) is 0 Å². The van der Waals surface area contributed by atoms with E-state index in [4.69, 9.17) is 34.8 Å². The molecule has 0 saturated carbocycles. The lowest BCUT2D eigenvalue weighted by atomic mass is 10.1. The van der Waals surface area contributed by atoms with Gasteiger partial charge in [0.25, 0.3) is 0 Å². The third-order valence-corrected chi connectivity index (χ3v) is 3.94. The van der Waals surface area contributed by atoms with Crippen molar-refractivity contribution >= 4 is 46.5 Å². The van der Waals surface area contributed by atoms with Crippen LogP contribution in [0.1, 0.15) is 11.7 Å². The summed E-state index contributed by atoms with van der Waals surface area (Å²) in [6.07, 6.45) is -0.862. The number of aliphatic hydroxyl groups excluding tert-OH is 1. The molecule has 0 aromatic heterocycles. The molecule has 0 unspecified atom stereocenters. The van der Waals surface area contributed by atoms with Gasteiger partial charge in [-0.05, 0) is 29.8 Å². The molecular weight excluding hydrogens is 347 g/mol. The third-order valence-electron chi connectivity index (χ3n) is 2.89. The average molecular weight is 360 g/mol. The standard InChI is InChI=1S/C15H13Cl3N2O2/c16-10-4-1-3-9(7-10)13(21)8-19-15(22)20-12-6-2-5-11(17)14(12)18/h1-7,13,21H,8H2,(H2,19,20,22)/t13-/m1/s1. The number of halogens is 3. The van der Waals surface area contributed by atoms with Crippen LogP contribution in [0.2, 0.25) is 15.1 Å². The van der Waals surface area contributed by atoms with Gasteiger partial charge in [0.2, 0.25) is 0 Å². The van der Waals surface area contributed by atoms with E-state index in [1.165, 1.54) is 0 Å². The molecule has 0 aliphatic rings. The normalized spacial score (nSPS) is 11.8. The molecule has 116 valence electrons. The number of benzene rings is 2. The molecule has 3 N–H and O–H groups in total. The fourth-order valence-electron chi connectivity index (χ4n) is 1.79. The van der Waals surface area contributed by atoms with Crippen LogP contribution in [0.3, 0.4) is 0 Å². The van der Waals surface area contributed by atoms with Crippen molar-refractivity contribution in [2.45, 2.75) is 6.10 Å². The summed E-state index contributed by atoms with van der Waals surface area (Å²) in [5.74, 6) is 0. The second-order valence-electron chi connectivity index (χ2n) is 4.51. The summed E-state index contributed by atoms with van der Waals surface area (Å²) < 4.78 is 0. The zero-order chi connectivity index (χ0) is 16.1. The molecule has 0 aliphatic carbocycles. The van der Waals surface area contributed by atoms with Crippen molar-refractivity contribution in [3.8, 4) is 0 Å². The Labute approximate surface area is 143 Å². The Morgan fingerprint density at radius 1 is 1.14 bits per heavy atom.